The van der Waals surface area contributed by atoms with Crippen molar-refractivity contribution in [3.63, 3.8) is 0 Å². The minimum Gasteiger partial charge on any atom is -0.294 e. The molecule has 1 aromatic rings. The van der Waals surface area contributed by atoms with Crippen LogP contribution in [0.5, 0.6) is 0 Å². The molecule has 0 unspecified atom stereocenters. The third-order valence-electron chi connectivity index (χ3n) is 2.55. The van der Waals surface area contributed by atoms with Crippen molar-refractivity contribution in [1.82, 2.24) is 9.78 Å². The van der Waals surface area contributed by atoms with Crippen molar-refractivity contribution in [2.45, 2.75) is 46.0 Å². The summed E-state index contributed by atoms with van der Waals surface area (Å²) in [4.78, 5) is 11.3. The first-order chi connectivity index (χ1) is 7.15. The third-order valence-corrected chi connectivity index (χ3v) is 2.55. The lowest BCUT2D eigenvalue weighted by Gasteiger charge is -1.98. The predicted molar refractivity (Wildman–Crippen MR) is 61.1 cm³/mol. The fourth-order valence-electron chi connectivity index (χ4n) is 1.73. The number of carbonyl (C=O) groups is 1. The number of nitrogens with zero attached hydrogens (tertiary/aromatic N) is 2. The fourth-order valence-corrected chi connectivity index (χ4v) is 1.73. The molecule has 0 aliphatic carbocycles. The zero-order valence-corrected chi connectivity index (χ0v) is 9.92. The molecule has 0 spiro atoms. The summed E-state index contributed by atoms with van der Waals surface area (Å²) in [6.07, 6.45) is 7.60. The van der Waals surface area contributed by atoms with Gasteiger partial charge in [-0.05, 0) is 19.8 Å². The second-order valence-electron chi connectivity index (χ2n) is 4.03. The van der Waals surface area contributed by atoms with Crippen LogP contribution < -0.4 is 0 Å². The molecule has 0 bridgehead atoms. The number of hydrogen-bond acceptors (Lipinski definition) is 2. The van der Waals surface area contributed by atoms with Crippen LogP contribution >= 0.6 is 0 Å². The monoisotopic (exact) mass is 208 g/mol. The van der Waals surface area contributed by atoms with Gasteiger partial charge >= 0.3 is 0 Å². The van der Waals surface area contributed by atoms with Gasteiger partial charge in [-0.25, -0.2) is 0 Å². The maximum atomic E-state index is 11.3. The molecule has 0 radical (unpaired) electrons. The van der Waals surface area contributed by atoms with E-state index in [1.807, 2.05) is 13.2 Å². The fraction of sp³-hybridized carbons (Fsp3) is 0.667. The van der Waals surface area contributed by atoms with Gasteiger partial charge in [0.05, 0.1) is 11.3 Å². The van der Waals surface area contributed by atoms with E-state index in [9.17, 15) is 4.79 Å². The molecule has 0 N–H and O–H groups in total. The Hall–Kier alpha value is -1.12. The molecule has 1 heterocycles. The Labute approximate surface area is 91.5 Å². The van der Waals surface area contributed by atoms with Gasteiger partial charge in [0.15, 0.2) is 5.78 Å². The number of ketones is 1. The lowest BCUT2D eigenvalue weighted by molar-refractivity contribution is 0.101. The first-order valence-corrected chi connectivity index (χ1v) is 5.68. The second kappa shape index (κ2) is 5.69. The molecule has 0 amide bonds. The summed E-state index contributed by atoms with van der Waals surface area (Å²) >= 11 is 0. The number of aromatic nitrogens is 2. The van der Waals surface area contributed by atoms with E-state index in [1.54, 1.807) is 11.6 Å². The summed E-state index contributed by atoms with van der Waals surface area (Å²) in [7, 11) is 1.86. The molecule has 1 rings (SSSR count). The Balaban J connectivity index is 2.55. The summed E-state index contributed by atoms with van der Waals surface area (Å²) in [6, 6.07) is 0. The first kappa shape index (κ1) is 12.0. The highest BCUT2D eigenvalue weighted by Crippen LogP contribution is 2.11. The quantitative estimate of drug-likeness (QED) is 0.532. The number of rotatable bonds is 6. The normalized spacial score (nSPS) is 10.6. The number of unbranched alkanes of at least 4 members (excludes halogenated alkanes) is 3. The molecule has 0 aliphatic rings. The maximum absolute atomic E-state index is 11.3. The highest BCUT2D eigenvalue weighted by Gasteiger charge is 2.10. The zero-order valence-electron chi connectivity index (χ0n) is 9.92. The molecule has 15 heavy (non-hydrogen) atoms. The van der Waals surface area contributed by atoms with Crippen molar-refractivity contribution in [1.29, 1.82) is 0 Å². The van der Waals surface area contributed by atoms with Crippen LogP contribution in [-0.4, -0.2) is 15.6 Å². The zero-order chi connectivity index (χ0) is 11.3. The Bertz CT molecular complexity index is 328. The molecular formula is C12H20N2O. The van der Waals surface area contributed by atoms with Crippen molar-refractivity contribution in [3.8, 4) is 0 Å². The van der Waals surface area contributed by atoms with Gasteiger partial charge in [-0.3, -0.25) is 9.48 Å². The molecule has 0 aromatic carbocycles. The second-order valence-corrected chi connectivity index (χ2v) is 4.03. The van der Waals surface area contributed by atoms with Crippen LogP contribution in [0, 0.1) is 0 Å². The summed E-state index contributed by atoms with van der Waals surface area (Å²) in [5.41, 5.74) is 1.75. The van der Waals surface area contributed by atoms with E-state index in [4.69, 9.17) is 0 Å². The topological polar surface area (TPSA) is 34.9 Å². The van der Waals surface area contributed by atoms with E-state index >= 15 is 0 Å². The molecule has 0 aliphatic heterocycles. The van der Waals surface area contributed by atoms with Gasteiger partial charge in [0.25, 0.3) is 0 Å². The standard InChI is InChI=1S/C12H20N2O/c1-4-5-6-7-8-12-11(10(2)15)9-14(3)13-12/h9H,4-8H2,1-3H3. The van der Waals surface area contributed by atoms with E-state index in [1.165, 1.54) is 19.3 Å². The van der Waals surface area contributed by atoms with E-state index in [2.05, 4.69) is 12.0 Å². The van der Waals surface area contributed by atoms with Crippen LogP contribution in [0.1, 0.15) is 55.6 Å². The summed E-state index contributed by atoms with van der Waals surface area (Å²) in [5, 5.41) is 4.33. The predicted octanol–water partition coefficient (Wildman–Crippen LogP) is 2.75. The first-order valence-electron chi connectivity index (χ1n) is 5.68. The Morgan fingerprint density at radius 3 is 2.73 bits per heavy atom. The molecule has 3 nitrogen and oxygen atoms in total. The Morgan fingerprint density at radius 2 is 2.13 bits per heavy atom. The van der Waals surface area contributed by atoms with Gasteiger partial charge in [-0.2, -0.15) is 5.10 Å². The van der Waals surface area contributed by atoms with Gasteiger partial charge in [0.2, 0.25) is 0 Å². The molecule has 0 saturated carbocycles. The van der Waals surface area contributed by atoms with Gasteiger partial charge in [0.1, 0.15) is 0 Å². The van der Waals surface area contributed by atoms with Crippen molar-refractivity contribution in [2.24, 2.45) is 7.05 Å². The smallest absolute Gasteiger partial charge is 0.163 e. The molecule has 84 valence electrons. The lowest BCUT2D eigenvalue weighted by Crippen LogP contribution is -1.97. The van der Waals surface area contributed by atoms with E-state index in [-0.39, 0.29) is 5.78 Å². The minimum atomic E-state index is 0.119. The van der Waals surface area contributed by atoms with Crippen molar-refractivity contribution >= 4 is 5.78 Å². The van der Waals surface area contributed by atoms with Gasteiger partial charge < -0.3 is 0 Å². The van der Waals surface area contributed by atoms with Gasteiger partial charge in [-0.1, -0.05) is 26.2 Å². The minimum absolute atomic E-state index is 0.119. The van der Waals surface area contributed by atoms with E-state index in [0.29, 0.717) is 0 Å². The molecular weight excluding hydrogens is 188 g/mol. The third kappa shape index (κ3) is 3.50. The summed E-state index contributed by atoms with van der Waals surface area (Å²) in [6.45, 7) is 3.80. The van der Waals surface area contributed by atoms with Crippen LogP contribution in [0.15, 0.2) is 6.20 Å². The Morgan fingerprint density at radius 1 is 1.40 bits per heavy atom. The Kier molecular flexibility index (Phi) is 4.53. The van der Waals surface area contributed by atoms with Crippen LogP contribution in [0.4, 0.5) is 0 Å². The van der Waals surface area contributed by atoms with Crippen molar-refractivity contribution in [3.05, 3.63) is 17.5 Å². The van der Waals surface area contributed by atoms with Gasteiger partial charge in [-0.15, -0.1) is 0 Å². The highest BCUT2D eigenvalue weighted by molar-refractivity contribution is 5.94. The SMILES string of the molecule is CCCCCCc1nn(C)cc1C(C)=O. The van der Waals surface area contributed by atoms with Crippen molar-refractivity contribution in [2.75, 3.05) is 0 Å². The van der Waals surface area contributed by atoms with Gasteiger partial charge in [0, 0.05) is 13.2 Å². The molecule has 3 heteroatoms. The molecule has 0 fully saturated rings. The molecule has 0 atom stereocenters. The van der Waals surface area contributed by atoms with Crippen molar-refractivity contribution < 1.29 is 4.79 Å². The van der Waals surface area contributed by atoms with E-state index < -0.39 is 0 Å². The van der Waals surface area contributed by atoms with Crippen LogP contribution in [0.2, 0.25) is 0 Å². The summed E-state index contributed by atoms with van der Waals surface area (Å²) < 4.78 is 1.73. The lowest BCUT2D eigenvalue weighted by atomic mass is 10.1. The maximum Gasteiger partial charge on any atom is 0.163 e. The number of hydrogen-bond donors (Lipinski definition) is 0. The average Bonchev–Trinajstić information content (AvgIpc) is 2.55. The van der Waals surface area contributed by atoms with Crippen LogP contribution in [-0.2, 0) is 13.5 Å². The van der Waals surface area contributed by atoms with E-state index in [0.717, 1.165) is 24.1 Å². The van der Waals surface area contributed by atoms with Crippen LogP contribution in [0.25, 0.3) is 0 Å². The highest BCUT2D eigenvalue weighted by atomic mass is 16.1. The number of aryl methyl sites for hydroxylation is 2. The molecule has 0 saturated heterocycles. The number of Topliss-reactive ketones (excluding diaryl/α,β-unsaturated/α-hetero) is 1. The largest absolute Gasteiger partial charge is 0.294 e. The summed E-state index contributed by atoms with van der Waals surface area (Å²) in [5.74, 6) is 0.119. The van der Waals surface area contributed by atoms with Crippen LogP contribution in [0.3, 0.4) is 0 Å². The molecule has 1 aromatic heterocycles. The number of carbonyl (C=O) groups excluding carboxylic acids is 1. The average molecular weight is 208 g/mol.